The van der Waals surface area contributed by atoms with Crippen LogP contribution in [0, 0.1) is 6.92 Å². The molecule has 1 saturated heterocycles. The normalized spacial score (nSPS) is 17.6. The Balaban J connectivity index is 1.56. The molecule has 26 heavy (non-hydrogen) atoms. The zero-order valence-corrected chi connectivity index (χ0v) is 14.8. The lowest BCUT2D eigenvalue weighted by Gasteiger charge is -2.31. The minimum absolute atomic E-state index is 0.0858. The Kier molecular flexibility index (Phi) is 4.42. The van der Waals surface area contributed by atoms with Crippen LogP contribution in [-0.2, 0) is 6.61 Å². The summed E-state index contributed by atoms with van der Waals surface area (Å²) in [6.07, 6.45) is 1.94. The van der Waals surface area contributed by atoms with Crippen molar-refractivity contribution in [2.24, 2.45) is 0 Å². The van der Waals surface area contributed by atoms with Gasteiger partial charge in [0.15, 0.2) is 0 Å². The van der Waals surface area contributed by atoms with Crippen LogP contribution in [0.25, 0.3) is 11.0 Å². The van der Waals surface area contributed by atoms with Crippen molar-refractivity contribution in [3.63, 3.8) is 0 Å². The molecular formula is C20H22N4O2. The predicted molar refractivity (Wildman–Crippen MR) is 98.9 cm³/mol. The average Bonchev–Trinajstić information content (AvgIpc) is 3.13. The molecule has 1 fully saturated rings. The molecule has 1 aliphatic heterocycles. The number of likely N-dealkylation sites (tertiary alicyclic amines) is 1. The molecule has 1 amide bonds. The first-order valence-electron chi connectivity index (χ1n) is 8.97. The zero-order valence-electron chi connectivity index (χ0n) is 14.8. The fourth-order valence-corrected chi connectivity index (χ4v) is 3.62. The Hall–Kier alpha value is -2.73. The lowest BCUT2D eigenvalue weighted by atomic mass is 9.97. The number of carbonyl (C=O) groups excluding carboxylic acids is 1. The second kappa shape index (κ2) is 6.88. The number of aromatic amines is 1. The number of nitrogens with one attached hydrogen (secondary N) is 1. The molecule has 0 bridgehead atoms. The van der Waals surface area contributed by atoms with Gasteiger partial charge in [-0.3, -0.25) is 4.79 Å². The van der Waals surface area contributed by atoms with E-state index in [1.54, 1.807) is 18.2 Å². The van der Waals surface area contributed by atoms with Crippen molar-refractivity contribution >= 4 is 16.9 Å². The fourth-order valence-electron chi connectivity index (χ4n) is 3.62. The number of H-pyrrole nitrogens is 1. The third kappa shape index (κ3) is 3.08. The molecule has 3 aromatic rings. The van der Waals surface area contributed by atoms with Crippen LogP contribution < -0.4 is 0 Å². The number of amides is 1. The molecule has 2 N–H and O–H groups in total. The Morgan fingerprint density at radius 2 is 2.12 bits per heavy atom. The number of imidazole rings is 1. The lowest BCUT2D eigenvalue weighted by Crippen LogP contribution is -2.39. The zero-order chi connectivity index (χ0) is 18.1. The number of hydrogen-bond donors (Lipinski definition) is 2. The molecule has 6 heteroatoms. The summed E-state index contributed by atoms with van der Waals surface area (Å²) in [6.45, 7) is 3.24. The summed E-state index contributed by atoms with van der Waals surface area (Å²) in [5, 5.41) is 9.24. The lowest BCUT2D eigenvalue weighted by molar-refractivity contribution is 0.0698. The van der Waals surface area contributed by atoms with Gasteiger partial charge in [-0.05, 0) is 43.5 Å². The number of rotatable bonds is 3. The fraction of sp³-hybridized carbons (Fsp3) is 0.350. The first kappa shape index (κ1) is 16.7. The van der Waals surface area contributed by atoms with E-state index in [0.717, 1.165) is 41.8 Å². The topological polar surface area (TPSA) is 82.1 Å². The number of benzene rings is 1. The van der Waals surface area contributed by atoms with Gasteiger partial charge in [0.2, 0.25) is 0 Å². The van der Waals surface area contributed by atoms with Gasteiger partial charge in [0.25, 0.3) is 5.91 Å². The van der Waals surface area contributed by atoms with E-state index in [2.05, 4.69) is 23.0 Å². The number of piperidine rings is 1. The molecule has 0 radical (unpaired) electrons. The van der Waals surface area contributed by atoms with Gasteiger partial charge in [-0.15, -0.1) is 0 Å². The number of para-hydroxylation sites is 1. The van der Waals surface area contributed by atoms with Crippen molar-refractivity contribution in [3.05, 3.63) is 59.2 Å². The third-order valence-electron chi connectivity index (χ3n) is 5.02. The molecule has 0 spiro atoms. The van der Waals surface area contributed by atoms with E-state index in [-0.39, 0.29) is 18.4 Å². The summed E-state index contributed by atoms with van der Waals surface area (Å²) >= 11 is 0. The van der Waals surface area contributed by atoms with Crippen molar-refractivity contribution in [1.82, 2.24) is 19.9 Å². The van der Waals surface area contributed by atoms with Crippen molar-refractivity contribution < 1.29 is 9.90 Å². The van der Waals surface area contributed by atoms with E-state index in [1.807, 2.05) is 17.0 Å². The highest BCUT2D eigenvalue weighted by atomic mass is 16.3. The maximum absolute atomic E-state index is 12.8. The van der Waals surface area contributed by atoms with Gasteiger partial charge in [-0.2, -0.15) is 0 Å². The highest BCUT2D eigenvalue weighted by Gasteiger charge is 2.28. The summed E-state index contributed by atoms with van der Waals surface area (Å²) in [6, 6.07) is 11.3. The van der Waals surface area contributed by atoms with Crippen LogP contribution in [-0.4, -0.2) is 44.0 Å². The molecule has 0 aliphatic carbocycles. The summed E-state index contributed by atoms with van der Waals surface area (Å²) in [5.41, 5.74) is 4.10. The molecule has 134 valence electrons. The van der Waals surface area contributed by atoms with Gasteiger partial charge in [0, 0.05) is 19.0 Å². The van der Waals surface area contributed by atoms with Gasteiger partial charge in [-0.25, -0.2) is 9.97 Å². The van der Waals surface area contributed by atoms with Gasteiger partial charge >= 0.3 is 0 Å². The highest BCUT2D eigenvalue weighted by Crippen LogP contribution is 2.28. The van der Waals surface area contributed by atoms with E-state index in [9.17, 15) is 9.90 Å². The quantitative estimate of drug-likeness (QED) is 0.761. The van der Waals surface area contributed by atoms with Crippen LogP contribution in [0.3, 0.4) is 0 Å². The van der Waals surface area contributed by atoms with Crippen LogP contribution in [0.15, 0.2) is 36.4 Å². The number of pyridine rings is 1. The molecule has 3 heterocycles. The maximum atomic E-state index is 12.8. The molecule has 0 unspecified atom stereocenters. The van der Waals surface area contributed by atoms with Gasteiger partial charge in [-0.1, -0.05) is 18.2 Å². The summed E-state index contributed by atoms with van der Waals surface area (Å²) < 4.78 is 0. The van der Waals surface area contributed by atoms with E-state index in [1.165, 1.54) is 0 Å². The van der Waals surface area contributed by atoms with Crippen LogP contribution in [0.1, 0.15) is 46.3 Å². The summed E-state index contributed by atoms with van der Waals surface area (Å²) in [4.78, 5) is 27.1. The first-order chi connectivity index (χ1) is 12.7. The van der Waals surface area contributed by atoms with E-state index in [0.29, 0.717) is 17.9 Å². The molecule has 1 atom stereocenters. The summed E-state index contributed by atoms with van der Waals surface area (Å²) in [5.74, 6) is 1.06. The Labute approximate surface area is 151 Å². The smallest absolute Gasteiger partial charge is 0.272 e. The largest absolute Gasteiger partial charge is 0.390 e. The Morgan fingerprint density at radius 1 is 1.27 bits per heavy atom. The predicted octanol–water partition coefficient (Wildman–Crippen LogP) is 2.78. The number of nitrogens with zero attached hydrogens (tertiary/aromatic N) is 3. The number of fused-ring (bicyclic) bond motifs is 1. The van der Waals surface area contributed by atoms with Crippen LogP contribution in [0.5, 0.6) is 0 Å². The van der Waals surface area contributed by atoms with Gasteiger partial charge < -0.3 is 15.0 Å². The molecule has 1 aromatic carbocycles. The number of aryl methyl sites for hydroxylation is 1. The maximum Gasteiger partial charge on any atom is 0.272 e. The highest BCUT2D eigenvalue weighted by molar-refractivity contribution is 5.92. The van der Waals surface area contributed by atoms with Crippen LogP contribution in [0.2, 0.25) is 0 Å². The van der Waals surface area contributed by atoms with Crippen molar-refractivity contribution in [2.45, 2.75) is 32.3 Å². The van der Waals surface area contributed by atoms with Crippen LogP contribution in [0.4, 0.5) is 0 Å². The summed E-state index contributed by atoms with van der Waals surface area (Å²) in [7, 11) is 0. The second-order valence-electron chi connectivity index (χ2n) is 6.86. The molecule has 6 nitrogen and oxygen atoms in total. The molecule has 0 saturated carbocycles. The second-order valence-corrected chi connectivity index (χ2v) is 6.86. The monoisotopic (exact) mass is 350 g/mol. The van der Waals surface area contributed by atoms with Crippen molar-refractivity contribution in [1.29, 1.82) is 0 Å². The standard InChI is InChI=1S/C20H22N4O2/c1-13-5-2-8-16-18(13)23-19(22-16)14-6-4-10-24(11-14)20(26)17-9-3-7-15(12-25)21-17/h2-3,5,7-9,14,25H,4,6,10-12H2,1H3,(H,22,23)/t14-/m0/s1. The van der Waals surface area contributed by atoms with Crippen molar-refractivity contribution in [3.8, 4) is 0 Å². The van der Waals surface area contributed by atoms with Crippen LogP contribution >= 0.6 is 0 Å². The number of hydrogen-bond acceptors (Lipinski definition) is 4. The Bertz CT molecular complexity index is 950. The van der Waals surface area contributed by atoms with Gasteiger partial charge in [0.1, 0.15) is 11.5 Å². The number of aliphatic hydroxyl groups excluding tert-OH is 1. The number of aliphatic hydroxyl groups is 1. The van der Waals surface area contributed by atoms with E-state index in [4.69, 9.17) is 4.98 Å². The van der Waals surface area contributed by atoms with E-state index >= 15 is 0 Å². The molecular weight excluding hydrogens is 328 g/mol. The minimum Gasteiger partial charge on any atom is -0.390 e. The van der Waals surface area contributed by atoms with Crippen molar-refractivity contribution in [2.75, 3.05) is 13.1 Å². The average molecular weight is 350 g/mol. The SMILES string of the molecule is Cc1cccc2[nH]c([C@H]3CCCN(C(=O)c4cccc(CO)n4)C3)nc12. The Morgan fingerprint density at radius 3 is 2.92 bits per heavy atom. The molecule has 4 rings (SSSR count). The third-order valence-corrected chi connectivity index (χ3v) is 5.02. The minimum atomic E-state index is -0.165. The molecule has 2 aromatic heterocycles. The molecule has 1 aliphatic rings. The number of aromatic nitrogens is 3. The van der Waals surface area contributed by atoms with E-state index < -0.39 is 0 Å². The first-order valence-corrected chi connectivity index (χ1v) is 8.97. The van der Waals surface area contributed by atoms with Gasteiger partial charge in [0.05, 0.1) is 23.3 Å². The number of carbonyl (C=O) groups is 1.